The van der Waals surface area contributed by atoms with Gasteiger partial charge < -0.3 is 15.0 Å². The maximum Gasteiger partial charge on any atom is 0.227 e. The second-order valence-electron chi connectivity index (χ2n) is 10.2. The molecule has 0 saturated carbocycles. The maximum absolute atomic E-state index is 12.7. The van der Waals surface area contributed by atoms with Crippen LogP contribution in [-0.2, 0) is 17.9 Å². The van der Waals surface area contributed by atoms with E-state index in [4.69, 9.17) is 9.72 Å². The SMILES string of the molecule is COc1ccc2cc1CN(C)CCCC(=O)CN1CCN(CC1)Cc1cc(Br)cc(c1)Nc1nccc-2n1. The Bertz CT molecular complexity index is 1280. The molecule has 3 aliphatic rings. The predicted molar refractivity (Wildman–Crippen MR) is 154 cm³/mol. The van der Waals surface area contributed by atoms with Crippen LogP contribution in [0.3, 0.4) is 0 Å². The molecule has 2 aromatic carbocycles. The smallest absolute Gasteiger partial charge is 0.227 e. The molecule has 200 valence electrons. The van der Waals surface area contributed by atoms with E-state index < -0.39 is 0 Å². The molecule has 1 aromatic heterocycles. The number of anilines is 2. The fourth-order valence-electron chi connectivity index (χ4n) is 5.19. The summed E-state index contributed by atoms with van der Waals surface area (Å²) < 4.78 is 6.66. The van der Waals surface area contributed by atoms with Gasteiger partial charge in [-0.15, -0.1) is 0 Å². The quantitative estimate of drug-likeness (QED) is 0.450. The monoisotopic (exact) mass is 578 g/mol. The van der Waals surface area contributed by atoms with Gasteiger partial charge in [-0.05, 0) is 68.0 Å². The summed E-state index contributed by atoms with van der Waals surface area (Å²) in [6, 6.07) is 14.4. The van der Waals surface area contributed by atoms with Crippen molar-refractivity contribution in [3.05, 3.63) is 64.3 Å². The molecule has 0 radical (unpaired) electrons. The topological polar surface area (TPSA) is 73.8 Å². The molecule has 4 heterocycles. The van der Waals surface area contributed by atoms with Crippen LogP contribution in [0.5, 0.6) is 5.75 Å². The van der Waals surface area contributed by atoms with Crippen LogP contribution in [0.1, 0.15) is 24.0 Å². The number of carbonyl (C=O) groups excluding carboxylic acids is 1. The number of ether oxygens (including phenoxy) is 1. The van der Waals surface area contributed by atoms with Gasteiger partial charge in [-0.2, -0.15) is 0 Å². The lowest BCUT2D eigenvalue weighted by molar-refractivity contribution is -0.120. The van der Waals surface area contributed by atoms with Crippen LogP contribution < -0.4 is 10.1 Å². The van der Waals surface area contributed by atoms with Gasteiger partial charge in [-0.1, -0.05) is 15.9 Å². The molecular weight excluding hydrogens is 544 g/mol. The number of piperazine rings is 1. The Kier molecular flexibility index (Phi) is 8.68. The number of rotatable bonds is 1. The van der Waals surface area contributed by atoms with Crippen LogP contribution >= 0.6 is 15.9 Å². The van der Waals surface area contributed by atoms with Gasteiger partial charge in [0.2, 0.25) is 5.95 Å². The van der Waals surface area contributed by atoms with Crippen molar-refractivity contribution >= 4 is 33.3 Å². The van der Waals surface area contributed by atoms with Crippen LogP contribution in [0.15, 0.2) is 53.1 Å². The zero-order valence-electron chi connectivity index (χ0n) is 22.1. The lowest BCUT2D eigenvalue weighted by Crippen LogP contribution is -2.47. The molecule has 6 rings (SSSR count). The van der Waals surface area contributed by atoms with Gasteiger partial charge in [0.15, 0.2) is 0 Å². The second kappa shape index (κ2) is 12.3. The Morgan fingerprint density at radius 2 is 1.74 bits per heavy atom. The Hall–Kier alpha value is -2.85. The first-order chi connectivity index (χ1) is 18.4. The number of methoxy groups -OCH3 is 1. The molecule has 0 unspecified atom stereocenters. The van der Waals surface area contributed by atoms with Crippen LogP contribution in [0.4, 0.5) is 11.6 Å². The van der Waals surface area contributed by atoms with E-state index in [2.05, 4.69) is 66.2 Å². The standard InChI is InChI=1S/C29H35BrN6O2/c1-34-9-3-4-26(37)20-36-12-10-35(11-13-36)18-21-14-24(30)17-25(15-21)32-29-31-8-7-27(33-29)22-5-6-28(38-2)23(16-22)19-34/h5-8,14-17H,3-4,9-13,18-20H2,1-2H3,(H,31,32,33). The third-order valence-electron chi connectivity index (χ3n) is 7.15. The minimum Gasteiger partial charge on any atom is -0.496 e. The largest absolute Gasteiger partial charge is 0.496 e. The highest BCUT2D eigenvalue weighted by Crippen LogP contribution is 2.28. The number of Topliss-reactive ketones (excluding diaryl/α,β-unsaturated/α-hetero) is 1. The predicted octanol–water partition coefficient (Wildman–Crippen LogP) is 4.57. The van der Waals surface area contributed by atoms with Crippen molar-refractivity contribution in [3.8, 4) is 17.0 Å². The van der Waals surface area contributed by atoms with E-state index in [1.54, 1.807) is 13.3 Å². The van der Waals surface area contributed by atoms with Crippen molar-refractivity contribution in [3.63, 3.8) is 0 Å². The van der Waals surface area contributed by atoms with Gasteiger partial charge in [0, 0.05) is 73.2 Å². The summed E-state index contributed by atoms with van der Waals surface area (Å²) in [5, 5.41) is 3.40. The first-order valence-corrected chi connectivity index (χ1v) is 14.0. The number of ketones is 1. The van der Waals surface area contributed by atoms with Crippen LogP contribution in [0.2, 0.25) is 0 Å². The number of halogens is 1. The average molecular weight is 580 g/mol. The van der Waals surface area contributed by atoms with Crippen LogP contribution in [0, 0.1) is 0 Å². The van der Waals surface area contributed by atoms with E-state index in [1.807, 2.05) is 24.3 Å². The minimum atomic E-state index is 0.329. The lowest BCUT2D eigenvalue weighted by Gasteiger charge is -2.34. The van der Waals surface area contributed by atoms with Gasteiger partial charge in [0.05, 0.1) is 19.3 Å². The van der Waals surface area contributed by atoms with E-state index in [0.717, 1.165) is 85.0 Å². The van der Waals surface area contributed by atoms with Gasteiger partial charge in [0.25, 0.3) is 0 Å². The van der Waals surface area contributed by atoms with Gasteiger partial charge >= 0.3 is 0 Å². The summed E-state index contributed by atoms with van der Waals surface area (Å²) in [6.07, 6.45) is 3.25. The molecule has 0 atom stereocenters. The lowest BCUT2D eigenvalue weighted by atomic mass is 10.1. The Labute approximate surface area is 233 Å². The van der Waals surface area contributed by atoms with Crippen molar-refractivity contribution < 1.29 is 9.53 Å². The fraction of sp³-hybridized carbons (Fsp3) is 0.414. The molecule has 8 bridgehead atoms. The van der Waals surface area contributed by atoms with Crippen molar-refractivity contribution in [1.29, 1.82) is 0 Å². The summed E-state index contributed by atoms with van der Waals surface area (Å²) in [7, 11) is 3.79. The Morgan fingerprint density at radius 3 is 2.53 bits per heavy atom. The number of hydrogen-bond acceptors (Lipinski definition) is 8. The summed E-state index contributed by atoms with van der Waals surface area (Å²) in [5.74, 6) is 1.73. The molecule has 9 heteroatoms. The highest BCUT2D eigenvalue weighted by atomic mass is 79.9. The number of nitrogens with zero attached hydrogens (tertiary/aromatic N) is 5. The third kappa shape index (κ3) is 6.96. The number of fused-ring (bicyclic) bond motifs is 8. The van der Waals surface area contributed by atoms with Gasteiger partial charge in [-0.3, -0.25) is 14.6 Å². The van der Waals surface area contributed by atoms with Gasteiger partial charge in [0.1, 0.15) is 11.5 Å². The average Bonchev–Trinajstić information content (AvgIpc) is 2.89. The number of hydrogen-bond donors (Lipinski definition) is 1. The zero-order valence-corrected chi connectivity index (χ0v) is 23.7. The van der Waals surface area contributed by atoms with Crippen molar-refractivity contribution in [2.24, 2.45) is 0 Å². The molecule has 3 aromatic rings. The zero-order chi connectivity index (χ0) is 26.5. The summed E-state index contributed by atoms with van der Waals surface area (Å²) in [4.78, 5) is 29.0. The van der Waals surface area contributed by atoms with Crippen molar-refractivity contribution in [2.75, 3.05) is 58.7 Å². The molecular formula is C29H35BrN6O2. The van der Waals surface area contributed by atoms with Gasteiger partial charge in [-0.25, -0.2) is 9.97 Å². The maximum atomic E-state index is 12.7. The van der Waals surface area contributed by atoms with Crippen molar-refractivity contribution in [2.45, 2.75) is 25.9 Å². The Morgan fingerprint density at radius 1 is 0.947 bits per heavy atom. The molecule has 38 heavy (non-hydrogen) atoms. The number of nitrogens with one attached hydrogen (secondary N) is 1. The molecule has 1 saturated heterocycles. The molecule has 1 N–H and O–H groups in total. The van der Waals surface area contributed by atoms with Crippen LogP contribution in [0.25, 0.3) is 11.3 Å². The molecule has 8 nitrogen and oxygen atoms in total. The minimum absolute atomic E-state index is 0.329. The summed E-state index contributed by atoms with van der Waals surface area (Å²) in [5.41, 5.74) is 5.09. The molecule has 1 fully saturated rings. The third-order valence-corrected chi connectivity index (χ3v) is 7.61. The number of carbonyl (C=O) groups is 1. The fourth-order valence-corrected chi connectivity index (χ4v) is 5.73. The summed E-state index contributed by atoms with van der Waals surface area (Å²) in [6.45, 7) is 6.73. The Balaban J connectivity index is 1.45. The van der Waals surface area contributed by atoms with E-state index >= 15 is 0 Å². The van der Waals surface area contributed by atoms with Crippen molar-refractivity contribution in [1.82, 2.24) is 24.7 Å². The highest BCUT2D eigenvalue weighted by Gasteiger charge is 2.20. The first-order valence-electron chi connectivity index (χ1n) is 13.2. The van der Waals surface area contributed by atoms with E-state index in [1.165, 1.54) is 5.56 Å². The molecule has 0 spiro atoms. The molecule has 0 aliphatic carbocycles. The highest BCUT2D eigenvalue weighted by molar-refractivity contribution is 9.10. The second-order valence-corrected chi connectivity index (χ2v) is 11.1. The molecule has 3 aliphatic heterocycles. The van der Waals surface area contributed by atoms with E-state index in [0.29, 0.717) is 24.7 Å². The van der Waals surface area contributed by atoms with E-state index in [9.17, 15) is 4.79 Å². The first kappa shape index (κ1) is 26.7. The number of aromatic nitrogens is 2. The van der Waals surface area contributed by atoms with E-state index in [-0.39, 0.29) is 0 Å². The summed E-state index contributed by atoms with van der Waals surface area (Å²) >= 11 is 3.67. The normalized spacial score (nSPS) is 21.2. The number of benzene rings is 2. The van der Waals surface area contributed by atoms with Crippen LogP contribution in [-0.4, -0.2) is 83.9 Å². The molecule has 0 amide bonds.